The molecule has 2 aromatic rings. The Morgan fingerprint density at radius 3 is 2.78 bits per heavy atom. The highest BCUT2D eigenvalue weighted by Crippen LogP contribution is 2.23. The Hall–Kier alpha value is -1.48. The van der Waals surface area contributed by atoms with E-state index in [1.54, 1.807) is 0 Å². The monoisotopic (exact) mass is 263 g/mol. The fourth-order valence-electron chi connectivity index (χ4n) is 1.94. The van der Waals surface area contributed by atoms with Gasteiger partial charge in [0.25, 0.3) is 0 Å². The highest BCUT2D eigenvalue weighted by molar-refractivity contribution is 6.30. The minimum atomic E-state index is 0.240. The Labute approximate surface area is 113 Å². The molecule has 2 rings (SSSR count). The van der Waals surface area contributed by atoms with Gasteiger partial charge in [-0.25, -0.2) is 0 Å². The van der Waals surface area contributed by atoms with Gasteiger partial charge in [0.2, 0.25) is 0 Å². The van der Waals surface area contributed by atoms with Gasteiger partial charge in [-0.15, -0.1) is 0 Å². The van der Waals surface area contributed by atoms with Gasteiger partial charge < -0.3 is 5.32 Å². The molecule has 18 heavy (non-hydrogen) atoms. The average Bonchev–Trinajstić information content (AvgIpc) is 2.83. The van der Waals surface area contributed by atoms with Gasteiger partial charge >= 0.3 is 0 Å². The summed E-state index contributed by atoms with van der Waals surface area (Å²) in [5, 5.41) is 8.64. The Kier molecular flexibility index (Phi) is 4.26. The Bertz CT molecular complexity index is 507. The van der Waals surface area contributed by atoms with E-state index < -0.39 is 0 Å². The third-order valence-corrected chi connectivity index (χ3v) is 3.18. The van der Waals surface area contributed by atoms with Gasteiger partial charge in [0, 0.05) is 23.8 Å². The van der Waals surface area contributed by atoms with Crippen molar-refractivity contribution < 1.29 is 0 Å². The van der Waals surface area contributed by atoms with E-state index in [4.69, 9.17) is 11.6 Å². The van der Waals surface area contributed by atoms with Crippen LogP contribution < -0.4 is 5.32 Å². The smallest absolute Gasteiger partial charge is 0.148 e. The highest BCUT2D eigenvalue weighted by atomic mass is 35.5. The van der Waals surface area contributed by atoms with Crippen molar-refractivity contribution in [2.45, 2.75) is 32.9 Å². The molecule has 0 fully saturated rings. The van der Waals surface area contributed by atoms with Crippen molar-refractivity contribution in [3.05, 3.63) is 47.1 Å². The zero-order chi connectivity index (χ0) is 13.0. The molecule has 1 unspecified atom stereocenters. The molecule has 3 nitrogen and oxygen atoms in total. The largest absolute Gasteiger partial charge is 0.362 e. The molecule has 0 bridgehead atoms. The lowest BCUT2D eigenvalue weighted by Gasteiger charge is -2.17. The molecular weight excluding hydrogens is 246 g/mol. The second-order valence-corrected chi connectivity index (χ2v) is 4.65. The Balaban J connectivity index is 2.14. The first kappa shape index (κ1) is 13.0. The van der Waals surface area contributed by atoms with E-state index in [9.17, 15) is 0 Å². The molecule has 0 radical (unpaired) electrons. The Morgan fingerprint density at radius 2 is 2.17 bits per heavy atom. The average molecular weight is 264 g/mol. The second-order valence-electron chi connectivity index (χ2n) is 4.22. The van der Waals surface area contributed by atoms with Gasteiger partial charge in [-0.05, 0) is 31.0 Å². The SMILES string of the molecule is CCC(Nc1ccn(CC)n1)c1cccc(Cl)c1. The van der Waals surface area contributed by atoms with Gasteiger partial charge in [0.05, 0.1) is 6.04 Å². The van der Waals surface area contributed by atoms with Crippen molar-refractivity contribution >= 4 is 17.4 Å². The maximum absolute atomic E-state index is 6.03. The summed E-state index contributed by atoms with van der Waals surface area (Å²) in [5.41, 5.74) is 1.19. The summed E-state index contributed by atoms with van der Waals surface area (Å²) in [4.78, 5) is 0. The maximum atomic E-state index is 6.03. The van der Waals surface area contributed by atoms with Crippen LogP contribution in [0.4, 0.5) is 5.82 Å². The molecule has 1 N–H and O–H groups in total. The highest BCUT2D eigenvalue weighted by Gasteiger charge is 2.10. The molecule has 1 aromatic carbocycles. The Morgan fingerprint density at radius 1 is 1.33 bits per heavy atom. The van der Waals surface area contributed by atoms with Gasteiger partial charge in [-0.2, -0.15) is 5.10 Å². The number of rotatable bonds is 5. The normalized spacial score (nSPS) is 12.4. The zero-order valence-corrected chi connectivity index (χ0v) is 11.5. The van der Waals surface area contributed by atoms with Crippen LogP contribution in [-0.2, 0) is 6.54 Å². The molecular formula is C14H18ClN3. The molecule has 0 aliphatic heterocycles. The minimum Gasteiger partial charge on any atom is -0.362 e. The summed E-state index contributed by atoms with van der Waals surface area (Å²) in [6.07, 6.45) is 2.96. The standard InChI is InChI=1S/C14H18ClN3/c1-3-13(11-6-5-7-12(15)10-11)16-14-8-9-18(4-2)17-14/h5-10,13H,3-4H2,1-2H3,(H,16,17). The predicted molar refractivity (Wildman–Crippen MR) is 76.0 cm³/mol. The van der Waals surface area contributed by atoms with Gasteiger partial charge in [-0.3, -0.25) is 4.68 Å². The van der Waals surface area contributed by atoms with Crippen LogP contribution in [0.1, 0.15) is 31.9 Å². The van der Waals surface area contributed by atoms with Crippen LogP contribution in [0.5, 0.6) is 0 Å². The van der Waals surface area contributed by atoms with Crippen LogP contribution in [0.25, 0.3) is 0 Å². The van der Waals surface area contributed by atoms with Crippen molar-refractivity contribution in [3.8, 4) is 0 Å². The fraction of sp³-hybridized carbons (Fsp3) is 0.357. The van der Waals surface area contributed by atoms with Crippen LogP contribution >= 0.6 is 11.6 Å². The first-order chi connectivity index (χ1) is 8.72. The molecule has 0 aliphatic carbocycles. The second kappa shape index (κ2) is 5.91. The lowest BCUT2D eigenvalue weighted by Crippen LogP contribution is -2.10. The van der Waals surface area contributed by atoms with E-state index in [-0.39, 0.29) is 6.04 Å². The zero-order valence-electron chi connectivity index (χ0n) is 10.7. The summed E-state index contributed by atoms with van der Waals surface area (Å²) in [5.74, 6) is 0.906. The summed E-state index contributed by atoms with van der Waals surface area (Å²) in [7, 11) is 0. The quantitative estimate of drug-likeness (QED) is 0.879. The number of hydrogen-bond acceptors (Lipinski definition) is 2. The number of nitrogens with one attached hydrogen (secondary N) is 1. The third-order valence-electron chi connectivity index (χ3n) is 2.95. The molecule has 0 amide bonds. The van der Waals surface area contributed by atoms with Gasteiger partial charge in [0.1, 0.15) is 5.82 Å². The van der Waals surface area contributed by atoms with Gasteiger partial charge in [0.15, 0.2) is 0 Å². The number of anilines is 1. The molecule has 0 saturated heterocycles. The van der Waals surface area contributed by atoms with Crippen molar-refractivity contribution in [1.29, 1.82) is 0 Å². The summed E-state index contributed by atoms with van der Waals surface area (Å²) < 4.78 is 1.91. The van der Waals surface area contributed by atoms with Crippen LogP contribution in [0, 0.1) is 0 Å². The summed E-state index contributed by atoms with van der Waals surface area (Å²) in [6.45, 7) is 5.11. The molecule has 4 heteroatoms. The summed E-state index contributed by atoms with van der Waals surface area (Å²) in [6, 6.07) is 10.2. The molecule has 1 heterocycles. The van der Waals surface area contributed by atoms with Crippen molar-refractivity contribution in [3.63, 3.8) is 0 Å². The van der Waals surface area contributed by atoms with E-state index in [1.807, 2.05) is 35.1 Å². The third kappa shape index (κ3) is 3.05. The molecule has 0 spiro atoms. The van der Waals surface area contributed by atoms with E-state index >= 15 is 0 Å². The minimum absolute atomic E-state index is 0.240. The first-order valence-corrected chi connectivity index (χ1v) is 6.66. The number of halogens is 1. The maximum Gasteiger partial charge on any atom is 0.148 e. The van der Waals surface area contributed by atoms with E-state index in [1.165, 1.54) is 5.56 Å². The van der Waals surface area contributed by atoms with Crippen LogP contribution in [0.3, 0.4) is 0 Å². The molecule has 1 atom stereocenters. The molecule has 1 aromatic heterocycles. The lowest BCUT2D eigenvalue weighted by atomic mass is 10.0. The van der Waals surface area contributed by atoms with Crippen LogP contribution in [-0.4, -0.2) is 9.78 Å². The number of hydrogen-bond donors (Lipinski definition) is 1. The van der Waals surface area contributed by atoms with Crippen LogP contribution in [0.15, 0.2) is 36.5 Å². The fourth-order valence-corrected chi connectivity index (χ4v) is 2.14. The number of aromatic nitrogens is 2. The first-order valence-electron chi connectivity index (χ1n) is 6.28. The number of aryl methyl sites for hydroxylation is 1. The van der Waals surface area contributed by atoms with E-state index in [0.29, 0.717) is 0 Å². The molecule has 0 aliphatic rings. The molecule has 96 valence electrons. The lowest BCUT2D eigenvalue weighted by molar-refractivity contribution is 0.655. The van der Waals surface area contributed by atoms with Crippen molar-refractivity contribution in [1.82, 2.24) is 9.78 Å². The molecule has 0 saturated carbocycles. The number of nitrogens with zero attached hydrogens (tertiary/aromatic N) is 2. The summed E-state index contributed by atoms with van der Waals surface area (Å²) >= 11 is 6.03. The predicted octanol–water partition coefficient (Wildman–Crippen LogP) is 4.12. The number of benzene rings is 1. The van der Waals surface area contributed by atoms with Crippen LogP contribution in [0.2, 0.25) is 5.02 Å². The van der Waals surface area contributed by atoms with Gasteiger partial charge in [-0.1, -0.05) is 30.7 Å². The van der Waals surface area contributed by atoms with Crippen molar-refractivity contribution in [2.75, 3.05) is 5.32 Å². The van der Waals surface area contributed by atoms with E-state index in [0.717, 1.165) is 23.8 Å². The van der Waals surface area contributed by atoms with E-state index in [2.05, 4.69) is 30.3 Å². The van der Waals surface area contributed by atoms with Crippen molar-refractivity contribution in [2.24, 2.45) is 0 Å². The topological polar surface area (TPSA) is 29.9 Å².